The molecule has 34 heavy (non-hydrogen) atoms. The Morgan fingerprint density at radius 1 is 0.941 bits per heavy atom. The maximum atomic E-state index is 13.5. The van der Waals surface area contributed by atoms with E-state index in [0.717, 1.165) is 25.7 Å². The summed E-state index contributed by atoms with van der Waals surface area (Å²) < 4.78 is 6.28. The second-order valence-corrected chi connectivity index (χ2v) is 9.86. The lowest BCUT2D eigenvalue weighted by Crippen LogP contribution is -2.46. The van der Waals surface area contributed by atoms with Gasteiger partial charge in [-0.15, -0.1) is 0 Å². The lowest BCUT2D eigenvalue weighted by molar-refractivity contribution is -0.134. The molecule has 0 aromatic heterocycles. The fourth-order valence-electron chi connectivity index (χ4n) is 5.32. The first-order valence-electron chi connectivity index (χ1n) is 12.9. The predicted molar refractivity (Wildman–Crippen MR) is 135 cm³/mol. The average Bonchev–Trinajstić information content (AvgIpc) is 3.39. The molecule has 1 saturated carbocycles. The minimum absolute atomic E-state index is 0.0136. The third kappa shape index (κ3) is 6.40. The van der Waals surface area contributed by atoms with Gasteiger partial charge in [-0.25, -0.2) is 0 Å². The molecule has 2 aliphatic rings. The van der Waals surface area contributed by atoms with Crippen LogP contribution < -0.4 is 4.74 Å². The van der Waals surface area contributed by atoms with Crippen LogP contribution in [-0.4, -0.2) is 54.4 Å². The molecular weight excluding hydrogens is 424 g/mol. The van der Waals surface area contributed by atoms with E-state index in [0.29, 0.717) is 43.3 Å². The summed E-state index contributed by atoms with van der Waals surface area (Å²) in [6.45, 7) is 1.74. The lowest BCUT2D eigenvalue weighted by Gasteiger charge is -2.33. The van der Waals surface area contributed by atoms with E-state index >= 15 is 0 Å². The van der Waals surface area contributed by atoms with Crippen molar-refractivity contribution >= 4 is 11.8 Å². The van der Waals surface area contributed by atoms with Gasteiger partial charge in [-0.2, -0.15) is 0 Å². The van der Waals surface area contributed by atoms with Gasteiger partial charge in [0, 0.05) is 26.6 Å². The Labute approximate surface area is 204 Å². The molecule has 4 rings (SSSR count). The molecule has 1 aliphatic heterocycles. The standard InChI is InChI=1S/C29H38N2O3/c1-30-19-9-10-20-31(28(32)18-17-23-11-5-6-12-23)25(21-24-13-3-2-4-14-24)22-34-27-16-8-7-15-26(27)29(30)33/h2-4,7-8,13-16,23,25H,5-6,9-12,17-22H2,1H3/t25-/m1/s1. The number of para-hydroxylation sites is 1. The van der Waals surface area contributed by atoms with E-state index in [4.69, 9.17) is 4.74 Å². The number of ether oxygens (including phenoxy) is 1. The highest BCUT2D eigenvalue weighted by Gasteiger charge is 2.27. The van der Waals surface area contributed by atoms with Crippen LogP contribution in [0.4, 0.5) is 0 Å². The average molecular weight is 463 g/mol. The summed E-state index contributed by atoms with van der Waals surface area (Å²) >= 11 is 0. The maximum absolute atomic E-state index is 13.5. The summed E-state index contributed by atoms with van der Waals surface area (Å²) in [5.41, 5.74) is 1.78. The maximum Gasteiger partial charge on any atom is 0.257 e. The zero-order valence-corrected chi connectivity index (χ0v) is 20.5. The van der Waals surface area contributed by atoms with Crippen molar-refractivity contribution in [2.45, 2.75) is 63.8 Å². The molecule has 5 nitrogen and oxygen atoms in total. The van der Waals surface area contributed by atoms with E-state index in [9.17, 15) is 9.59 Å². The number of carbonyl (C=O) groups is 2. The summed E-state index contributed by atoms with van der Waals surface area (Å²) in [5.74, 6) is 1.52. The molecule has 1 fully saturated rings. The van der Waals surface area contributed by atoms with Crippen molar-refractivity contribution in [3.8, 4) is 5.75 Å². The summed E-state index contributed by atoms with van der Waals surface area (Å²) in [7, 11) is 1.84. The Morgan fingerprint density at radius 3 is 2.44 bits per heavy atom. The number of carbonyl (C=O) groups excluding carboxylic acids is 2. The fourth-order valence-corrected chi connectivity index (χ4v) is 5.32. The molecule has 0 N–H and O–H groups in total. The first kappa shape index (κ1) is 24.3. The third-order valence-corrected chi connectivity index (χ3v) is 7.35. The fraction of sp³-hybridized carbons (Fsp3) is 0.517. The predicted octanol–water partition coefficient (Wildman–Crippen LogP) is 5.34. The number of fused-ring (bicyclic) bond motifs is 1. The Hall–Kier alpha value is -2.82. The molecule has 5 heteroatoms. The van der Waals surface area contributed by atoms with Crippen LogP contribution in [0.3, 0.4) is 0 Å². The molecule has 0 spiro atoms. The van der Waals surface area contributed by atoms with Gasteiger partial charge >= 0.3 is 0 Å². The SMILES string of the molecule is CN1CCCCN(C(=O)CCC2CCCC2)[C@H](Cc2ccccc2)COc2ccccc2C1=O. The summed E-state index contributed by atoms with van der Waals surface area (Å²) in [5, 5.41) is 0. The van der Waals surface area contributed by atoms with Gasteiger partial charge in [0.1, 0.15) is 12.4 Å². The molecule has 1 heterocycles. The minimum atomic E-state index is -0.0706. The van der Waals surface area contributed by atoms with Gasteiger partial charge in [0.2, 0.25) is 5.91 Å². The quantitative estimate of drug-likeness (QED) is 0.603. The van der Waals surface area contributed by atoms with E-state index in [1.165, 1.54) is 31.2 Å². The van der Waals surface area contributed by atoms with Crippen LogP contribution in [-0.2, 0) is 11.2 Å². The highest BCUT2D eigenvalue weighted by Crippen LogP contribution is 2.29. The molecule has 2 amide bonds. The van der Waals surface area contributed by atoms with Crippen molar-refractivity contribution in [3.63, 3.8) is 0 Å². The van der Waals surface area contributed by atoms with Gasteiger partial charge in [-0.1, -0.05) is 68.1 Å². The van der Waals surface area contributed by atoms with Gasteiger partial charge in [0.15, 0.2) is 0 Å². The number of hydrogen-bond donors (Lipinski definition) is 0. The summed E-state index contributed by atoms with van der Waals surface area (Å²) in [4.78, 5) is 30.4. The molecule has 2 aromatic rings. The number of rotatable bonds is 5. The normalized spacial score (nSPS) is 20.3. The molecule has 0 unspecified atom stereocenters. The van der Waals surface area contributed by atoms with E-state index < -0.39 is 0 Å². The van der Waals surface area contributed by atoms with Crippen LogP contribution >= 0.6 is 0 Å². The van der Waals surface area contributed by atoms with Gasteiger partial charge in [0.05, 0.1) is 11.6 Å². The van der Waals surface area contributed by atoms with Crippen molar-refractivity contribution in [1.82, 2.24) is 9.80 Å². The van der Waals surface area contributed by atoms with Crippen LogP contribution in [0.2, 0.25) is 0 Å². The third-order valence-electron chi connectivity index (χ3n) is 7.35. The second-order valence-electron chi connectivity index (χ2n) is 9.86. The van der Waals surface area contributed by atoms with Crippen LogP contribution in [0.15, 0.2) is 54.6 Å². The monoisotopic (exact) mass is 462 g/mol. The minimum Gasteiger partial charge on any atom is -0.491 e. The summed E-state index contributed by atoms with van der Waals surface area (Å²) in [6.07, 6.45) is 9.24. The summed E-state index contributed by atoms with van der Waals surface area (Å²) in [6, 6.07) is 17.7. The second kappa shape index (κ2) is 12.0. The number of nitrogens with zero attached hydrogens (tertiary/aromatic N) is 2. The first-order chi connectivity index (χ1) is 16.6. The highest BCUT2D eigenvalue weighted by atomic mass is 16.5. The van der Waals surface area contributed by atoms with Crippen molar-refractivity contribution in [2.24, 2.45) is 5.92 Å². The molecule has 1 atom stereocenters. The van der Waals surface area contributed by atoms with Crippen LogP contribution in [0.5, 0.6) is 5.75 Å². The van der Waals surface area contributed by atoms with E-state index in [-0.39, 0.29) is 17.9 Å². The number of benzene rings is 2. The van der Waals surface area contributed by atoms with Crippen LogP contribution in [0.1, 0.15) is 67.3 Å². The van der Waals surface area contributed by atoms with E-state index in [1.54, 1.807) is 4.90 Å². The first-order valence-corrected chi connectivity index (χ1v) is 12.9. The van der Waals surface area contributed by atoms with Crippen LogP contribution in [0, 0.1) is 5.92 Å². The van der Waals surface area contributed by atoms with Crippen molar-refractivity contribution in [2.75, 3.05) is 26.7 Å². The number of amides is 2. The van der Waals surface area contributed by atoms with Crippen molar-refractivity contribution in [3.05, 3.63) is 65.7 Å². The highest BCUT2D eigenvalue weighted by molar-refractivity contribution is 5.96. The van der Waals surface area contributed by atoms with Crippen molar-refractivity contribution in [1.29, 1.82) is 0 Å². The Kier molecular flexibility index (Phi) is 8.62. The van der Waals surface area contributed by atoms with Gasteiger partial charge in [-0.3, -0.25) is 9.59 Å². The van der Waals surface area contributed by atoms with E-state index in [2.05, 4.69) is 17.0 Å². The topological polar surface area (TPSA) is 49.9 Å². The molecule has 0 saturated heterocycles. The number of hydrogen-bond acceptors (Lipinski definition) is 3. The molecule has 2 aromatic carbocycles. The van der Waals surface area contributed by atoms with Gasteiger partial charge in [0.25, 0.3) is 5.91 Å². The van der Waals surface area contributed by atoms with E-state index in [1.807, 2.05) is 49.5 Å². The van der Waals surface area contributed by atoms with Gasteiger partial charge < -0.3 is 14.5 Å². The van der Waals surface area contributed by atoms with Gasteiger partial charge in [-0.05, 0) is 49.3 Å². The van der Waals surface area contributed by atoms with Crippen molar-refractivity contribution < 1.29 is 14.3 Å². The van der Waals surface area contributed by atoms with Crippen LogP contribution in [0.25, 0.3) is 0 Å². The zero-order chi connectivity index (χ0) is 23.8. The molecule has 182 valence electrons. The largest absolute Gasteiger partial charge is 0.491 e. The Bertz CT molecular complexity index is 939. The zero-order valence-electron chi connectivity index (χ0n) is 20.5. The Morgan fingerprint density at radius 2 is 1.65 bits per heavy atom. The molecule has 0 bridgehead atoms. The smallest absolute Gasteiger partial charge is 0.257 e. The lowest BCUT2D eigenvalue weighted by atomic mass is 9.99. The molecular formula is C29H38N2O3. The Balaban J connectivity index is 1.57. The molecule has 0 radical (unpaired) electrons. The molecule has 1 aliphatic carbocycles.